The fourth-order valence-electron chi connectivity index (χ4n) is 3.09. The molecule has 0 saturated heterocycles. The van der Waals surface area contributed by atoms with E-state index in [1.54, 1.807) is 47.3 Å². The number of rotatable bonds is 5. The van der Waals surface area contributed by atoms with Gasteiger partial charge in [-0.15, -0.1) is 0 Å². The van der Waals surface area contributed by atoms with Gasteiger partial charge >= 0.3 is 0 Å². The Balaban J connectivity index is 1.56. The zero-order valence-corrected chi connectivity index (χ0v) is 18.3. The third kappa shape index (κ3) is 4.73. The van der Waals surface area contributed by atoms with Crippen LogP contribution in [-0.4, -0.2) is 21.6 Å². The lowest BCUT2D eigenvalue weighted by atomic mass is 10.1. The molecule has 0 unspecified atom stereocenters. The molecule has 0 fully saturated rings. The third-order valence-electron chi connectivity index (χ3n) is 4.73. The molecule has 31 heavy (non-hydrogen) atoms. The molecule has 1 aromatic heterocycles. The minimum Gasteiger partial charge on any atom is -0.322 e. The molecule has 0 aliphatic carbocycles. The molecule has 6 nitrogen and oxygen atoms in total. The number of aryl methyl sites for hydroxylation is 1. The summed E-state index contributed by atoms with van der Waals surface area (Å²) in [5, 5.41) is 10.1. The standard InChI is InChI=1S/C24H19BrN4O2/c1-16-11-12-18(13-21(16)28-23(30)17-7-3-2-4-8-17)24(31)27-20-9-5-6-10-22(20)29-15-19(25)14-26-29/h2-15H,1H3,(H,27,31)(H,28,30). The van der Waals surface area contributed by atoms with Crippen LogP contribution in [-0.2, 0) is 0 Å². The number of para-hydroxylation sites is 2. The molecule has 7 heteroatoms. The molecule has 154 valence electrons. The van der Waals surface area contributed by atoms with Crippen LogP contribution in [0.4, 0.5) is 11.4 Å². The summed E-state index contributed by atoms with van der Waals surface area (Å²) < 4.78 is 2.52. The maximum Gasteiger partial charge on any atom is 0.255 e. The number of carbonyl (C=O) groups is 2. The summed E-state index contributed by atoms with van der Waals surface area (Å²) in [6.07, 6.45) is 3.49. The average molecular weight is 475 g/mol. The molecule has 0 spiro atoms. The quantitative estimate of drug-likeness (QED) is 0.403. The molecule has 4 aromatic rings. The zero-order valence-electron chi connectivity index (χ0n) is 16.7. The smallest absolute Gasteiger partial charge is 0.255 e. The van der Waals surface area contributed by atoms with E-state index in [9.17, 15) is 9.59 Å². The van der Waals surface area contributed by atoms with Gasteiger partial charge in [0.1, 0.15) is 0 Å². The lowest BCUT2D eigenvalue weighted by Crippen LogP contribution is -2.16. The van der Waals surface area contributed by atoms with Gasteiger partial charge in [0.05, 0.1) is 22.0 Å². The van der Waals surface area contributed by atoms with E-state index in [1.165, 1.54) is 0 Å². The van der Waals surface area contributed by atoms with Gasteiger partial charge in [0.15, 0.2) is 0 Å². The second-order valence-electron chi connectivity index (χ2n) is 6.92. The van der Waals surface area contributed by atoms with Crippen molar-refractivity contribution in [3.63, 3.8) is 0 Å². The third-order valence-corrected chi connectivity index (χ3v) is 5.14. The number of carbonyl (C=O) groups excluding carboxylic acids is 2. The summed E-state index contributed by atoms with van der Waals surface area (Å²) in [7, 11) is 0. The highest BCUT2D eigenvalue weighted by atomic mass is 79.9. The van der Waals surface area contributed by atoms with Crippen molar-refractivity contribution < 1.29 is 9.59 Å². The Morgan fingerprint density at radius 3 is 2.26 bits per heavy atom. The summed E-state index contributed by atoms with van der Waals surface area (Å²) in [4.78, 5) is 25.5. The Morgan fingerprint density at radius 1 is 0.839 bits per heavy atom. The number of benzene rings is 3. The van der Waals surface area contributed by atoms with Crippen LogP contribution >= 0.6 is 15.9 Å². The Bertz CT molecular complexity index is 1250. The van der Waals surface area contributed by atoms with Gasteiger partial charge in [-0.1, -0.05) is 36.4 Å². The molecular formula is C24H19BrN4O2. The van der Waals surface area contributed by atoms with E-state index in [2.05, 4.69) is 31.7 Å². The van der Waals surface area contributed by atoms with Gasteiger partial charge in [-0.3, -0.25) is 9.59 Å². The molecule has 4 rings (SSSR count). The molecule has 2 amide bonds. The van der Waals surface area contributed by atoms with Crippen LogP contribution in [0, 0.1) is 6.92 Å². The van der Waals surface area contributed by atoms with Crippen molar-refractivity contribution >= 4 is 39.1 Å². The van der Waals surface area contributed by atoms with Crippen LogP contribution in [0.1, 0.15) is 26.3 Å². The topological polar surface area (TPSA) is 76.0 Å². The minimum absolute atomic E-state index is 0.226. The summed E-state index contributed by atoms with van der Waals surface area (Å²) in [5.74, 6) is -0.509. The first-order valence-corrected chi connectivity index (χ1v) is 10.4. The first kappa shape index (κ1) is 20.6. The molecule has 0 aliphatic rings. The van der Waals surface area contributed by atoms with Crippen molar-refractivity contribution in [2.75, 3.05) is 10.6 Å². The van der Waals surface area contributed by atoms with Crippen LogP contribution < -0.4 is 10.6 Å². The van der Waals surface area contributed by atoms with Crippen LogP contribution in [0.25, 0.3) is 5.69 Å². The van der Waals surface area contributed by atoms with Crippen molar-refractivity contribution in [3.05, 3.63) is 106 Å². The van der Waals surface area contributed by atoms with E-state index in [4.69, 9.17) is 0 Å². The summed E-state index contributed by atoms with van der Waals surface area (Å²) in [6.45, 7) is 1.88. The highest BCUT2D eigenvalue weighted by Crippen LogP contribution is 2.23. The van der Waals surface area contributed by atoms with E-state index in [-0.39, 0.29) is 11.8 Å². The fourth-order valence-corrected chi connectivity index (χ4v) is 3.37. The van der Waals surface area contributed by atoms with Gasteiger partial charge in [0.25, 0.3) is 11.8 Å². The molecule has 0 bridgehead atoms. The SMILES string of the molecule is Cc1ccc(C(=O)Nc2ccccc2-n2cc(Br)cn2)cc1NC(=O)c1ccccc1. The van der Waals surface area contributed by atoms with Gasteiger partial charge in [0.2, 0.25) is 0 Å². The first-order valence-electron chi connectivity index (χ1n) is 9.59. The average Bonchev–Trinajstić information content (AvgIpc) is 3.22. The van der Waals surface area contributed by atoms with E-state index in [0.29, 0.717) is 22.5 Å². The van der Waals surface area contributed by atoms with Gasteiger partial charge in [0, 0.05) is 23.0 Å². The number of hydrogen-bond acceptors (Lipinski definition) is 3. The number of nitrogens with zero attached hydrogens (tertiary/aromatic N) is 2. The Labute approximate surface area is 188 Å². The predicted octanol–water partition coefficient (Wildman–Crippen LogP) is 5.45. The molecule has 1 heterocycles. The fraction of sp³-hybridized carbons (Fsp3) is 0.0417. The molecule has 0 saturated carbocycles. The molecule has 3 aromatic carbocycles. The van der Waals surface area contributed by atoms with Crippen LogP contribution in [0.2, 0.25) is 0 Å². The second-order valence-corrected chi connectivity index (χ2v) is 7.84. The van der Waals surface area contributed by atoms with Gasteiger partial charge in [-0.2, -0.15) is 5.10 Å². The summed E-state index contributed by atoms with van der Waals surface area (Å²) in [5.41, 5.74) is 3.81. The van der Waals surface area contributed by atoms with Crippen LogP contribution in [0.3, 0.4) is 0 Å². The molecule has 0 aliphatic heterocycles. The number of hydrogen-bond donors (Lipinski definition) is 2. The number of anilines is 2. The normalized spacial score (nSPS) is 10.5. The first-order chi connectivity index (χ1) is 15.0. The van der Waals surface area contributed by atoms with Crippen molar-refractivity contribution in [2.45, 2.75) is 6.92 Å². The highest BCUT2D eigenvalue weighted by molar-refractivity contribution is 9.10. The van der Waals surface area contributed by atoms with Gasteiger partial charge in [-0.25, -0.2) is 4.68 Å². The minimum atomic E-state index is -0.283. The molecule has 2 N–H and O–H groups in total. The Hall–Kier alpha value is -3.71. The van der Waals surface area contributed by atoms with Crippen LogP contribution in [0.15, 0.2) is 89.7 Å². The maximum absolute atomic E-state index is 13.0. The number of nitrogens with one attached hydrogen (secondary N) is 2. The Morgan fingerprint density at radius 2 is 1.52 bits per heavy atom. The molecular weight excluding hydrogens is 456 g/mol. The van der Waals surface area contributed by atoms with Crippen LogP contribution in [0.5, 0.6) is 0 Å². The van der Waals surface area contributed by atoms with Crippen molar-refractivity contribution in [1.82, 2.24) is 9.78 Å². The predicted molar refractivity (Wildman–Crippen MR) is 125 cm³/mol. The Kier molecular flexibility index (Phi) is 5.95. The number of halogens is 1. The van der Waals surface area contributed by atoms with Crippen molar-refractivity contribution in [2.24, 2.45) is 0 Å². The largest absolute Gasteiger partial charge is 0.322 e. The van der Waals surface area contributed by atoms with E-state index < -0.39 is 0 Å². The molecule has 0 atom stereocenters. The summed E-state index contributed by atoms with van der Waals surface area (Å²) in [6, 6.07) is 21.6. The highest BCUT2D eigenvalue weighted by Gasteiger charge is 2.14. The van der Waals surface area contributed by atoms with E-state index >= 15 is 0 Å². The van der Waals surface area contributed by atoms with E-state index in [1.807, 2.05) is 49.5 Å². The number of amides is 2. The number of aromatic nitrogens is 2. The molecule has 0 radical (unpaired) electrons. The lowest BCUT2D eigenvalue weighted by molar-refractivity contribution is 0.101. The summed E-state index contributed by atoms with van der Waals surface area (Å²) >= 11 is 3.39. The second kappa shape index (κ2) is 8.97. The van der Waals surface area contributed by atoms with Gasteiger partial charge in [-0.05, 0) is 64.8 Å². The monoisotopic (exact) mass is 474 g/mol. The van der Waals surface area contributed by atoms with E-state index in [0.717, 1.165) is 15.7 Å². The van der Waals surface area contributed by atoms with Crippen molar-refractivity contribution in [1.29, 1.82) is 0 Å². The van der Waals surface area contributed by atoms with Gasteiger partial charge < -0.3 is 10.6 Å². The maximum atomic E-state index is 13.0. The zero-order chi connectivity index (χ0) is 21.8. The lowest BCUT2D eigenvalue weighted by Gasteiger charge is -2.13. The van der Waals surface area contributed by atoms with Crippen molar-refractivity contribution in [3.8, 4) is 5.69 Å².